The molecule has 154 valence electrons. The number of halogens is 1. The maximum absolute atomic E-state index is 6.29. The molecule has 4 aromatic rings. The van der Waals surface area contributed by atoms with Crippen molar-refractivity contribution in [3.8, 4) is 0 Å². The van der Waals surface area contributed by atoms with Crippen LogP contribution in [0.15, 0.2) is 48.5 Å². The van der Waals surface area contributed by atoms with Gasteiger partial charge in [0.15, 0.2) is 10.8 Å². The smallest absolute Gasteiger partial charge is 0.184 e. The van der Waals surface area contributed by atoms with E-state index < -0.39 is 0 Å². The number of pyridine rings is 1. The maximum atomic E-state index is 6.29. The van der Waals surface area contributed by atoms with Crippen molar-refractivity contribution < 1.29 is 4.74 Å². The molecule has 30 heavy (non-hydrogen) atoms. The fourth-order valence-electron chi connectivity index (χ4n) is 3.32. The summed E-state index contributed by atoms with van der Waals surface area (Å²) in [6, 6.07) is 15.8. The molecule has 2 aromatic heterocycles. The molecule has 0 aliphatic carbocycles. The van der Waals surface area contributed by atoms with E-state index in [1.54, 1.807) is 11.6 Å². The van der Waals surface area contributed by atoms with Gasteiger partial charge in [-0.15, -0.1) is 5.10 Å². The van der Waals surface area contributed by atoms with Gasteiger partial charge in [-0.25, -0.2) is 0 Å². The van der Waals surface area contributed by atoms with Gasteiger partial charge in [-0.3, -0.25) is 0 Å². The number of nitrogens with zero attached hydrogens (tertiary/aromatic N) is 5. The zero-order valence-electron chi connectivity index (χ0n) is 16.7. The number of thiocarbonyl (C=S) groups is 1. The molecule has 2 aromatic carbocycles. The summed E-state index contributed by atoms with van der Waals surface area (Å²) < 4.78 is 7.06. The van der Waals surface area contributed by atoms with E-state index in [0.717, 1.165) is 22.2 Å². The first kappa shape index (κ1) is 20.5. The van der Waals surface area contributed by atoms with Gasteiger partial charge in [0.25, 0.3) is 0 Å². The Balaban J connectivity index is 1.68. The molecule has 0 amide bonds. The Hall–Kier alpha value is -2.81. The lowest BCUT2D eigenvalue weighted by atomic mass is 10.1. The van der Waals surface area contributed by atoms with E-state index in [-0.39, 0.29) is 0 Å². The van der Waals surface area contributed by atoms with E-state index in [9.17, 15) is 0 Å². The predicted molar refractivity (Wildman–Crippen MR) is 123 cm³/mol. The second-order valence-corrected chi connectivity index (χ2v) is 7.76. The third kappa shape index (κ3) is 4.21. The molecular weight excluding hydrogens is 420 g/mol. The van der Waals surface area contributed by atoms with Crippen LogP contribution in [0.25, 0.3) is 16.6 Å². The standard InChI is InChI=1S/C21H21ClN6OS/c1-14-7-8-19-15(11-14)12-16(20-24-25-26-28(19)20)13-27(9-10-29-2)21(30)23-18-6-4-3-5-17(18)22/h3-8,11-12H,9-10,13H2,1-2H3,(H,23,30). The van der Waals surface area contributed by atoms with Crippen LogP contribution in [0.1, 0.15) is 11.1 Å². The minimum Gasteiger partial charge on any atom is -0.383 e. The number of aryl methyl sites for hydroxylation is 1. The number of ether oxygens (including phenoxy) is 1. The summed E-state index contributed by atoms with van der Waals surface area (Å²) in [7, 11) is 1.67. The maximum Gasteiger partial charge on any atom is 0.184 e. The van der Waals surface area contributed by atoms with E-state index >= 15 is 0 Å². The van der Waals surface area contributed by atoms with Gasteiger partial charge in [0.1, 0.15) is 0 Å². The van der Waals surface area contributed by atoms with Crippen molar-refractivity contribution in [3.05, 3.63) is 64.7 Å². The van der Waals surface area contributed by atoms with Crippen molar-refractivity contribution in [2.24, 2.45) is 0 Å². The average Bonchev–Trinajstić information content (AvgIpc) is 3.22. The zero-order chi connectivity index (χ0) is 21.1. The van der Waals surface area contributed by atoms with E-state index in [0.29, 0.717) is 35.5 Å². The molecule has 0 saturated heterocycles. The van der Waals surface area contributed by atoms with Crippen molar-refractivity contribution in [2.75, 3.05) is 25.6 Å². The molecule has 9 heteroatoms. The van der Waals surface area contributed by atoms with E-state index in [4.69, 9.17) is 28.6 Å². The lowest BCUT2D eigenvalue weighted by molar-refractivity contribution is 0.175. The van der Waals surface area contributed by atoms with Gasteiger partial charge in [0.05, 0.1) is 22.8 Å². The van der Waals surface area contributed by atoms with Gasteiger partial charge < -0.3 is 15.0 Å². The van der Waals surface area contributed by atoms with Crippen LogP contribution in [0.4, 0.5) is 5.69 Å². The minimum atomic E-state index is 0.521. The van der Waals surface area contributed by atoms with E-state index in [1.165, 1.54) is 5.56 Å². The largest absolute Gasteiger partial charge is 0.383 e. The van der Waals surface area contributed by atoms with Crippen molar-refractivity contribution >= 4 is 51.2 Å². The van der Waals surface area contributed by atoms with Gasteiger partial charge in [0.2, 0.25) is 0 Å². The summed E-state index contributed by atoms with van der Waals surface area (Å²) in [5, 5.41) is 17.8. The third-order valence-corrected chi connectivity index (χ3v) is 5.52. The zero-order valence-corrected chi connectivity index (χ0v) is 18.2. The molecule has 4 rings (SSSR count). The van der Waals surface area contributed by atoms with Gasteiger partial charge in [-0.1, -0.05) is 35.4 Å². The Kier molecular flexibility index (Phi) is 6.08. The Morgan fingerprint density at radius 3 is 2.87 bits per heavy atom. The lowest BCUT2D eigenvalue weighted by Crippen LogP contribution is -2.36. The van der Waals surface area contributed by atoms with Crippen LogP contribution < -0.4 is 5.32 Å². The normalized spacial score (nSPS) is 11.2. The number of aromatic nitrogens is 4. The highest BCUT2D eigenvalue weighted by Gasteiger charge is 2.16. The Morgan fingerprint density at radius 1 is 1.23 bits per heavy atom. The summed E-state index contributed by atoms with van der Waals surface area (Å²) in [6.07, 6.45) is 0. The summed E-state index contributed by atoms with van der Waals surface area (Å²) >= 11 is 12.0. The second kappa shape index (κ2) is 8.91. The van der Waals surface area contributed by atoms with Crippen LogP contribution in [0, 0.1) is 6.92 Å². The van der Waals surface area contributed by atoms with Crippen molar-refractivity contribution in [3.63, 3.8) is 0 Å². The van der Waals surface area contributed by atoms with Crippen LogP contribution >= 0.6 is 23.8 Å². The number of nitrogens with one attached hydrogen (secondary N) is 1. The van der Waals surface area contributed by atoms with Crippen molar-refractivity contribution in [2.45, 2.75) is 13.5 Å². The van der Waals surface area contributed by atoms with Crippen molar-refractivity contribution in [1.82, 2.24) is 24.9 Å². The molecule has 0 fully saturated rings. The molecular formula is C21H21ClN6OS. The van der Waals surface area contributed by atoms with Gasteiger partial charge in [-0.2, -0.15) is 4.52 Å². The molecule has 0 aliphatic rings. The predicted octanol–water partition coefficient (Wildman–Crippen LogP) is 4.08. The quantitative estimate of drug-likeness (QED) is 0.453. The summed E-state index contributed by atoms with van der Waals surface area (Å²) in [4.78, 5) is 2.02. The minimum absolute atomic E-state index is 0.521. The van der Waals surface area contributed by atoms with Crippen LogP contribution in [0.2, 0.25) is 5.02 Å². The fourth-order valence-corrected chi connectivity index (χ4v) is 3.77. The number of para-hydroxylation sites is 1. The van der Waals surface area contributed by atoms with Crippen LogP contribution in [-0.4, -0.2) is 50.3 Å². The molecule has 0 radical (unpaired) electrons. The molecule has 0 bridgehead atoms. The molecule has 0 unspecified atom stereocenters. The number of hydrogen-bond acceptors (Lipinski definition) is 5. The van der Waals surface area contributed by atoms with Crippen molar-refractivity contribution in [1.29, 1.82) is 0 Å². The van der Waals surface area contributed by atoms with Gasteiger partial charge in [-0.05, 0) is 59.9 Å². The number of tetrazole rings is 1. The fraction of sp³-hybridized carbons (Fsp3) is 0.238. The first-order valence-corrected chi connectivity index (χ1v) is 10.2. The summed E-state index contributed by atoms with van der Waals surface area (Å²) in [5.74, 6) is 0. The first-order chi connectivity index (χ1) is 14.6. The average molecular weight is 441 g/mol. The molecule has 0 atom stereocenters. The highest BCUT2D eigenvalue weighted by atomic mass is 35.5. The molecule has 2 heterocycles. The molecule has 0 aliphatic heterocycles. The molecule has 1 N–H and O–H groups in total. The van der Waals surface area contributed by atoms with E-state index in [2.05, 4.69) is 46.0 Å². The third-order valence-electron chi connectivity index (χ3n) is 4.83. The van der Waals surface area contributed by atoms with Gasteiger partial charge in [0, 0.05) is 31.1 Å². The highest BCUT2D eigenvalue weighted by Crippen LogP contribution is 2.23. The molecule has 0 spiro atoms. The second-order valence-electron chi connectivity index (χ2n) is 6.97. The first-order valence-electron chi connectivity index (χ1n) is 9.46. The number of fused-ring (bicyclic) bond motifs is 3. The number of benzene rings is 2. The number of rotatable bonds is 6. The van der Waals surface area contributed by atoms with E-state index in [1.807, 2.05) is 35.2 Å². The highest BCUT2D eigenvalue weighted by molar-refractivity contribution is 7.80. The number of anilines is 1. The topological polar surface area (TPSA) is 67.6 Å². The Morgan fingerprint density at radius 2 is 2.07 bits per heavy atom. The lowest BCUT2D eigenvalue weighted by Gasteiger charge is -2.26. The number of methoxy groups -OCH3 is 1. The number of hydrogen-bond donors (Lipinski definition) is 1. The van der Waals surface area contributed by atoms with Crippen LogP contribution in [-0.2, 0) is 11.3 Å². The molecule has 7 nitrogen and oxygen atoms in total. The SMILES string of the molecule is COCCN(Cc1cc2cc(C)ccc2n2nnnc12)C(=S)Nc1ccccc1Cl. The Bertz CT molecular complexity index is 1210. The summed E-state index contributed by atoms with van der Waals surface area (Å²) in [6.45, 7) is 3.72. The van der Waals surface area contributed by atoms with Crippen LogP contribution in [0.3, 0.4) is 0 Å². The Labute approximate surface area is 184 Å². The van der Waals surface area contributed by atoms with Crippen LogP contribution in [0.5, 0.6) is 0 Å². The summed E-state index contributed by atoms with van der Waals surface area (Å²) in [5.41, 5.74) is 4.57. The molecule has 0 saturated carbocycles. The monoisotopic (exact) mass is 440 g/mol. The van der Waals surface area contributed by atoms with Gasteiger partial charge >= 0.3 is 0 Å².